The molecule has 2 aliphatic rings. The highest BCUT2D eigenvalue weighted by molar-refractivity contribution is 6.09. The van der Waals surface area contributed by atoms with Crippen LogP contribution in [0.3, 0.4) is 0 Å². The lowest BCUT2D eigenvalue weighted by Gasteiger charge is -2.26. The number of ether oxygens (including phenoxy) is 1. The summed E-state index contributed by atoms with van der Waals surface area (Å²) in [6, 6.07) is 0. The van der Waals surface area contributed by atoms with E-state index in [0.29, 0.717) is 19.4 Å². The molecule has 2 rings (SSSR count). The van der Waals surface area contributed by atoms with Gasteiger partial charge in [-0.25, -0.2) is 0 Å². The Morgan fingerprint density at radius 3 is 2.79 bits per heavy atom. The maximum atomic E-state index is 12.4. The summed E-state index contributed by atoms with van der Waals surface area (Å²) in [7, 11) is 0. The molecule has 29 heavy (non-hydrogen) atoms. The molecule has 0 aliphatic heterocycles. The molecule has 0 aromatic heterocycles. The SMILES string of the molecule is C=CCC1=CC(=O)C2=CCCCC2=C1OCCCCC(C)(C)C(=O)NCC(=O)O. The molecule has 0 aromatic rings. The van der Waals surface area contributed by atoms with Gasteiger partial charge < -0.3 is 15.2 Å². The van der Waals surface area contributed by atoms with E-state index in [9.17, 15) is 14.4 Å². The number of amides is 1. The normalized spacial score (nSPS) is 16.6. The van der Waals surface area contributed by atoms with Gasteiger partial charge in [-0.2, -0.15) is 0 Å². The van der Waals surface area contributed by atoms with Crippen LogP contribution >= 0.6 is 0 Å². The van der Waals surface area contributed by atoms with Crippen LogP contribution in [-0.2, 0) is 19.1 Å². The van der Waals surface area contributed by atoms with Crippen molar-refractivity contribution >= 4 is 17.7 Å². The van der Waals surface area contributed by atoms with E-state index < -0.39 is 11.4 Å². The van der Waals surface area contributed by atoms with E-state index in [1.165, 1.54) is 0 Å². The number of rotatable bonds is 11. The monoisotopic (exact) mass is 401 g/mol. The minimum Gasteiger partial charge on any atom is -0.493 e. The average Bonchev–Trinajstić information content (AvgIpc) is 2.68. The summed E-state index contributed by atoms with van der Waals surface area (Å²) >= 11 is 0. The number of carboxylic acid groups (broad SMARTS) is 1. The highest BCUT2D eigenvalue weighted by Gasteiger charge is 2.28. The summed E-state index contributed by atoms with van der Waals surface area (Å²) in [6.07, 6.45) is 11.0. The molecule has 6 nitrogen and oxygen atoms in total. The fraction of sp³-hybridized carbons (Fsp3) is 0.522. The van der Waals surface area contributed by atoms with Crippen LogP contribution in [0.2, 0.25) is 0 Å². The van der Waals surface area contributed by atoms with E-state index in [0.717, 1.165) is 54.6 Å². The molecule has 158 valence electrons. The molecule has 0 atom stereocenters. The zero-order valence-corrected chi connectivity index (χ0v) is 17.4. The van der Waals surface area contributed by atoms with E-state index in [1.807, 2.05) is 19.9 Å². The van der Waals surface area contributed by atoms with Crippen molar-refractivity contribution in [1.82, 2.24) is 5.32 Å². The Hall–Kier alpha value is -2.63. The number of unbranched alkanes of at least 4 members (excludes halogenated alkanes) is 1. The van der Waals surface area contributed by atoms with Gasteiger partial charge in [0.05, 0.1) is 6.61 Å². The van der Waals surface area contributed by atoms with Gasteiger partial charge in [-0.1, -0.05) is 26.0 Å². The number of hydrogen-bond donors (Lipinski definition) is 2. The predicted molar refractivity (Wildman–Crippen MR) is 111 cm³/mol. The van der Waals surface area contributed by atoms with Crippen LogP contribution < -0.4 is 5.32 Å². The second kappa shape index (κ2) is 10.2. The van der Waals surface area contributed by atoms with Crippen molar-refractivity contribution in [2.75, 3.05) is 13.2 Å². The first-order valence-electron chi connectivity index (χ1n) is 10.2. The third-order valence-electron chi connectivity index (χ3n) is 5.26. The number of carboxylic acids is 1. The number of hydrogen-bond acceptors (Lipinski definition) is 4. The molecule has 1 amide bonds. The van der Waals surface area contributed by atoms with Crippen molar-refractivity contribution < 1.29 is 24.2 Å². The molecule has 0 unspecified atom stereocenters. The number of nitrogens with one attached hydrogen (secondary N) is 1. The smallest absolute Gasteiger partial charge is 0.322 e. The molecular weight excluding hydrogens is 370 g/mol. The van der Waals surface area contributed by atoms with Crippen LogP contribution in [-0.4, -0.2) is 35.9 Å². The molecule has 0 heterocycles. The molecule has 0 fully saturated rings. The summed E-state index contributed by atoms with van der Waals surface area (Å²) in [5.41, 5.74) is 2.03. The minimum absolute atomic E-state index is 0.0537. The molecule has 2 N–H and O–H groups in total. The molecule has 0 spiro atoms. The van der Waals surface area contributed by atoms with Gasteiger partial charge in [0.1, 0.15) is 12.3 Å². The molecule has 0 radical (unpaired) electrons. The van der Waals surface area contributed by atoms with Crippen LogP contribution in [0.25, 0.3) is 0 Å². The summed E-state index contributed by atoms with van der Waals surface area (Å²) < 4.78 is 6.11. The summed E-state index contributed by atoms with van der Waals surface area (Å²) in [5, 5.41) is 11.1. The number of carbonyl (C=O) groups excluding carboxylic acids is 2. The van der Waals surface area contributed by atoms with Crippen LogP contribution in [0.5, 0.6) is 0 Å². The molecule has 0 saturated heterocycles. The van der Waals surface area contributed by atoms with Crippen molar-refractivity contribution in [3.8, 4) is 0 Å². The Bertz CT molecular complexity index is 770. The molecule has 0 aromatic carbocycles. The van der Waals surface area contributed by atoms with Crippen molar-refractivity contribution in [3.05, 3.63) is 47.3 Å². The second-order valence-corrected chi connectivity index (χ2v) is 8.11. The van der Waals surface area contributed by atoms with E-state index in [-0.39, 0.29) is 18.2 Å². The predicted octanol–water partition coefficient (Wildman–Crippen LogP) is 3.85. The Morgan fingerprint density at radius 1 is 1.34 bits per heavy atom. The average molecular weight is 402 g/mol. The summed E-state index contributed by atoms with van der Waals surface area (Å²) in [5.74, 6) is -0.445. The van der Waals surface area contributed by atoms with Crippen LogP contribution in [0.4, 0.5) is 0 Å². The molecule has 6 heteroatoms. The Morgan fingerprint density at radius 2 is 2.10 bits per heavy atom. The quantitative estimate of drug-likeness (QED) is 0.405. The summed E-state index contributed by atoms with van der Waals surface area (Å²) in [4.78, 5) is 35.1. The Labute approximate surface area is 172 Å². The van der Waals surface area contributed by atoms with E-state index in [1.54, 1.807) is 12.2 Å². The maximum absolute atomic E-state index is 12.4. The number of allylic oxidation sites excluding steroid dienone is 6. The second-order valence-electron chi connectivity index (χ2n) is 8.11. The molecule has 2 aliphatic carbocycles. The Balaban J connectivity index is 1.90. The first-order valence-corrected chi connectivity index (χ1v) is 10.2. The highest BCUT2D eigenvalue weighted by Crippen LogP contribution is 2.36. The van der Waals surface area contributed by atoms with Crippen molar-refractivity contribution in [3.63, 3.8) is 0 Å². The fourth-order valence-electron chi connectivity index (χ4n) is 3.60. The van der Waals surface area contributed by atoms with Crippen LogP contribution in [0.1, 0.15) is 58.8 Å². The summed E-state index contributed by atoms with van der Waals surface area (Å²) in [6.45, 7) is 7.54. The van der Waals surface area contributed by atoms with Gasteiger partial charge in [0.15, 0.2) is 5.78 Å². The third kappa shape index (κ3) is 6.17. The first-order chi connectivity index (χ1) is 13.8. The van der Waals surface area contributed by atoms with Crippen LogP contribution in [0.15, 0.2) is 47.3 Å². The number of fused-ring (bicyclic) bond motifs is 1. The lowest BCUT2D eigenvalue weighted by molar-refractivity contribution is -0.139. The van der Waals surface area contributed by atoms with Gasteiger partial charge >= 0.3 is 5.97 Å². The highest BCUT2D eigenvalue weighted by atomic mass is 16.5. The van der Waals surface area contributed by atoms with Crippen molar-refractivity contribution in [2.24, 2.45) is 5.41 Å². The zero-order chi connectivity index (χ0) is 21.4. The number of carbonyl (C=O) groups is 3. The lowest BCUT2D eigenvalue weighted by Crippen LogP contribution is -2.39. The fourth-order valence-corrected chi connectivity index (χ4v) is 3.60. The van der Waals surface area contributed by atoms with Gasteiger partial charge in [0.25, 0.3) is 0 Å². The van der Waals surface area contributed by atoms with Gasteiger partial charge in [-0.3, -0.25) is 14.4 Å². The number of ketones is 1. The van der Waals surface area contributed by atoms with Gasteiger partial charge in [-0.05, 0) is 51.0 Å². The van der Waals surface area contributed by atoms with Gasteiger partial charge in [0.2, 0.25) is 5.91 Å². The third-order valence-corrected chi connectivity index (χ3v) is 5.26. The van der Waals surface area contributed by atoms with Crippen molar-refractivity contribution in [1.29, 1.82) is 0 Å². The topological polar surface area (TPSA) is 92.7 Å². The van der Waals surface area contributed by atoms with E-state index >= 15 is 0 Å². The molecule has 0 saturated carbocycles. The number of aliphatic carboxylic acids is 1. The van der Waals surface area contributed by atoms with E-state index in [4.69, 9.17) is 9.84 Å². The Kier molecular flexibility index (Phi) is 8.00. The van der Waals surface area contributed by atoms with Crippen LogP contribution in [0, 0.1) is 5.41 Å². The van der Waals surface area contributed by atoms with Gasteiger partial charge in [0, 0.05) is 22.1 Å². The zero-order valence-electron chi connectivity index (χ0n) is 17.4. The van der Waals surface area contributed by atoms with E-state index in [2.05, 4.69) is 11.9 Å². The first kappa shape index (κ1) is 22.7. The van der Waals surface area contributed by atoms with Crippen molar-refractivity contribution in [2.45, 2.75) is 58.8 Å². The lowest BCUT2D eigenvalue weighted by atomic mass is 9.83. The largest absolute Gasteiger partial charge is 0.493 e. The molecule has 0 bridgehead atoms. The maximum Gasteiger partial charge on any atom is 0.322 e. The standard InChI is InChI=1S/C23H31NO5/c1-4-9-16-14-19(25)17-10-5-6-11-18(17)21(16)29-13-8-7-12-23(2,3)22(28)24-15-20(26)27/h4,10,14H,1,5-9,11-13,15H2,2-3H3,(H,24,28)(H,26,27). The molecular formula is C23H31NO5. The van der Waals surface area contributed by atoms with Gasteiger partial charge in [-0.15, -0.1) is 6.58 Å². The minimum atomic E-state index is -1.05.